The van der Waals surface area contributed by atoms with Gasteiger partial charge in [0.1, 0.15) is 18.2 Å². The van der Waals surface area contributed by atoms with E-state index in [4.69, 9.17) is 9.47 Å². The molecule has 8 heteroatoms. The molecule has 35 heavy (non-hydrogen) atoms. The molecule has 1 amide bonds. The molecule has 0 atom stereocenters. The quantitative estimate of drug-likeness (QED) is 0.176. The molecule has 3 aromatic rings. The van der Waals surface area contributed by atoms with E-state index in [1.807, 2.05) is 38.1 Å². The minimum absolute atomic E-state index is 0.0134. The van der Waals surface area contributed by atoms with Crippen molar-refractivity contribution in [3.8, 4) is 17.6 Å². The number of para-hydroxylation sites is 1. The Morgan fingerprint density at radius 1 is 1.06 bits per heavy atom. The van der Waals surface area contributed by atoms with Crippen LogP contribution in [0.1, 0.15) is 30.5 Å². The number of aryl methyl sites for hydroxylation is 1. The van der Waals surface area contributed by atoms with Crippen LogP contribution in [0.5, 0.6) is 11.5 Å². The van der Waals surface area contributed by atoms with E-state index in [1.165, 1.54) is 18.2 Å². The van der Waals surface area contributed by atoms with Crippen LogP contribution in [0.15, 0.2) is 72.3 Å². The molecule has 0 fully saturated rings. The summed E-state index contributed by atoms with van der Waals surface area (Å²) in [6.07, 6.45) is 2.23. The monoisotopic (exact) mass is 471 g/mol. The highest BCUT2D eigenvalue weighted by Crippen LogP contribution is 2.30. The normalized spacial score (nSPS) is 10.8. The standard InChI is InChI=1S/C27H25N3O5/c1-3-21-9-5-6-11-24(21)29-27(31)22(17-28)14-19-12-13-25(26(16-19)34-4-2)35-18-20-8-7-10-23(15-20)30(32)33/h5-16H,3-4,18H2,1-2H3,(H,29,31)/b22-14+. The van der Waals surface area contributed by atoms with Crippen LogP contribution in [-0.2, 0) is 17.8 Å². The number of nitrogens with one attached hydrogen (secondary N) is 1. The van der Waals surface area contributed by atoms with Gasteiger partial charge in [-0.15, -0.1) is 0 Å². The number of hydrogen-bond donors (Lipinski definition) is 1. The number of benzene rings is 3. The van der Waals surface area contributed by atoms with Crippen molar-refractivity contribution in [1.29, 1.82) is 5.26 Å². The summed E-state index contributed by atoms with van der Waals surface area (Å²) in [5.74, 6) is 0.369. The molecule has 1 N–H and O–H groups in total. The Balaban J connectivity index is 1.79. The lowest BCUT2D eigenvalue weighted by Crippen LogP contribution is -2.14. The van der Waals surface area contributed by atoms with Crippen LogP contribution in [0.3, 0.4) is 0 Å². The molecule has 0 aliphatic heterocycles. The molecule has 0 saturated heterocycles. The zero-order valence-corrected chi connectivity index (χ0v) is 19.5. The smallest absolute Gasteiger partial charge is 0.269 e. The SMILES string of the molecule is CCOc1cc(/C=C(\C#N)C(=O)Nc2ccccc2CC)ccc1OCc1cccc([N+](=O)[O-])c1. The van der Waals surface area contributed by atoms with Crippen LogP contribution in [0, 0.1) is 21.4 Å². The summed E-state index contributed by atoms with van der Waals surface area (Å²) in [5, 5.41) is 23.4. The average Bonchev–Trinajstić information content (AvgIpc) is 2.87. The van der Waals surface area contributed by atoms with Crippen LogP contribution < -0.4 is 14.8 Å². The van der Waals surface area contributed by atoms with Crippen molar-refractivity contribution in [3.63, 3.8) is 0 Å². The zero-order valence-electron chi connectivity index (χ0n) is 19.5. The van der Waals surface area contributed by atoms with E-state index in [-0.39, 0.29) is 17.9 Å². The van der Waals surface area contributed by atoms with Crippen molar-refractivity contribution in [2.75, 3.05) is 11.9 Å². The third-order valence-electron chi connectivity index (χ3n) is 5.11. The van der Waals surface area contributed by atoms with E-state index >= 15 is 0 Å². The van der Waals surface area contributed by atoms with Gasteiger partial charge in [-0.1, -0.05) is 43.3 Å². The minimum atomic E-state index is -0.502. The van der Waals surface area contributed by atoms with E-state index in [1.54, 1.807) is 36.4 Å². The number of ether oxygens (including phenoxy) is 2. The van der Waals surface area contributed by atoms with Gasteiger partial charge in [-0.2, -0.15) is 5.26 Å². The van der Waals surface area contributed by atoms with Crippen molar-refractivity contribution < 1.29 is 19.2 Å². The second-order valence-electron chi connectivity index (χ2n) is 7.49. The van der Waals surface area contributed by atoms with E-state index < -0.39 is 10.8 Å². The molecule has 0 aromatic heterocycles. The van der Waals surface area contributed by atoms with Crippen molar-refractivity contribution in [3.05, 3.63) is 99.1 Å². The molecule has 0 aliphatic rings. The molecule has 0 radical (unpaired) electrons. The summed E-state index contributed by atoms with van der Waals surface area (Å²) >= 11 is 0. The predicted octanol–water partition coefficient (Wildman–Crippen LogP) is 5.68. The number of nitro groups is 1. The molecule has 178 valence electrons. The van der Waals surface area contributed by atoms with Gasteiger partial charge in [-0.3, -0.25) is 14.9 Å². The molecule has 0 bridgehead atoms. The highest BCUT2D eigenvalue weighted by molar-refractivity contribution is 6.10. The third-order valence-corrected chi connectivity index (χ3v) is 5.11. The summed E-state index contributed by atoms with van der Waals surface area (Å²) in [7, 11) is 0. The molecular formula is C27H25N3O5. The number of amides is 1. The lowest BCUT2D eigenvalue weighted by Gasteiger charge is -2.13. The van der Waals surface area contributed by atoms with Crippen molar-refractivity contribution >= 4 is 23.4 Å². The Kier molecular flexibility index (Phi) is 8.57. The zero-order chi connectivity index (χ0) is 25.2. The van der Waals surface area contributed by atoms with Gasteiger partial charge in [0.2, 0.25) is 0 Å². The lowest BCUT2D eigenvalue weighted by molar-refractivity contribution is -0.384. The third kappa shape index (κ3) is 6.68. The Labute approximate surface area is 203 Å². The van der Waals surface area contributed by atoms with Crippen LogP contribution in [0.2, 0.25) is 0 Å². The molecular weight excluding hydrogens is 446 g/mol. The molecule has 0 spiro atoms. The Bertz CT molecular complexity index is 1290. The second-order valence-corrected chi connectivity index (χ2v) is 7.49. The molecule has 3 aromatic carbocycles. The fraction of sp³-hybridized carbons (Fsp3) is 0.185. The average molecular weight is 472 g/mol. The first-order valence-electron chi connectivity index (χ1n) is 11.1. The number of rotatable bonds is 10. The summed E-state index contributed by atoms with van der Waals surface area (Å²) in [5.41, 5.74) is 2.81. The Morgan fingerprint density at radius 3 is 2.57 bits per heavy atom. The minimum Gasteiger partial charge on any atom is -0.490 e. The Hall–Kier alpha value is -4.64. The van der Waals surface area contributed by atoms with E-state index in [9.17, 15) is 20.2 Å². The van der Waals surface area contributed by atoms with E-state index in [0.29, 0.717) is 34.9 Å². The topological polar surface area (TPSA) is 114 Å². The summed E-state index contributed by atoms with van der Waals surface area (Å²) in [6.45, 7) is 4.30. The van der Waals surface area contributed by atoms with Gasteiger partial charge in [-0.05, 0) is 54.3 Å². The first-order chi connectivity index (χ1) is 16.9. The number of carbonyl (C=O) groups is 1. The number of nitrogens with zero attached hydrogens (tertiary/aromatic N) is 2. The number of non-ortho nitro benzene ring substituents is 1. The summed E-state index contributed by atoms with van der Waals surface area (Å²) < 4.78 is 11.5. The van der Waals surface area contributed by atoms with Crippen molar-refractivity contribution in [2.24, 2.45) is 0 Å². The number of nitriles is 1. The van der Waals surface area contributed by atoms with Crippen molar-refractivity contribution in [2.45, 2.75) is 26.9 Å². The highest BCUT2D eigenvalue weighted by Gasteiger charge is 2.13. The van der Waals surface area contributed by atoms with Gasteiger partial charge in [0.15, 0.2) is 11.5 Å². The number of nitro benzene ring substituents is 1. The van der Waals surface area contributed by atoms with Gasteiger partial charge >= 0.3 is 0 Å². The molecule has 8 nitrogen and oxygen atoms in total. The van der Waals surface area contributed by atoms with E-state index in [2.05, 4.69) is 5.32 Å². The highest BCUT2D eigenvalue weighted by atomic mass is 16.6. The molecule has 3 rings (SSSR count). The number of hydrogen-bond acceptors (Lipinski definition) is 6. The number of carbonyl (C=O) groups excluding carboxylic acids is 1. The van der Waals surface area contributed by atoms with Gasteiger partial charge in [0, 0.05) is 17.8 Å². The first kappa shape index (κ1) is 25.0. The molecule has 0 aliphatic carbocycles. The summed E-state index contributed by atoms with van der Waals surface area (Å²) in [4.78, 5) is 23.3. The van der Waals surface area contributed by atoms with Crippen LogP contribution >= 0.6 is 0 Å². The van der Waals surface area contributed by atoms with Crippen LogP contribution in [-0.4, -0.2) is 17.4 Å². The molecule has 0 saturated carbocycles. The number of anilines is 1. The summed E-state index contributed by atoms with van der Waals surface area (Å²) in [6, 6.07) is 20.7. The van der Waals surface area contributed by atoms with Gasteiger partial charge < -0.3 is 14.8 Å². The fourth-order valence-electron chi connectivity index (χ4n) is 3.38. The maximum Gasteiger partial charge on any atom is 0.269 e. The predicted molar refractivity (Wildman–Crippen MR) is 133 cm³/mol. The molecule has 0 unspecified atom stereocenters. The van der Waals surface area contributed by atoms with Crippen molar-refractivity contribution in [1.82, 2.24) is 0 Å². The largest absolute Gasteiger partial charge is 0.490 e. The maximum absolute atomic E-state index is 12.7. The van der Waals surface area contributed by atoms with Gasteiger partial charge in [0.05, 0.1) is 11.5 Å². The van der Waals surface area contributed by atoms with Crippen LogP contribution in [0.25, 0.3) is 6.08 Å². The van der Waals surface area contributed by atoms with Gasteiger partial charge in [-0.25, -0.2) is 0 Å². The van der Waals surface area contributed by atoms with Gasteiger partial charge in [0.25, 0.3) is 11.6 Å². The molecule has 0 heterocycles. The van der Waals surface area contributed by atoms with Crippen LogP contribution in [0.4, 0.5) is 11.4 Å². The maximum atomic E-state index is 12.7. The van der Waals surface area contributed by atoms with E-state index in [0.717, 1.165) is 12.0 Å². The Morgan fingerprint density at radius 2 is 1.86 bits per heavy atom. The lowest BCUT2D eigenvalue weighted by atomic mass is 10.1. The fourth-order valence-corrected chi connectivity index (χ4v) is 3.38. The first-order valence-corrected chi connectivity index (χ1v) is 11.1. The second kappa shape index (κ2) is 12.0.